The molecule has 1 N–H and O–H groups in total. The van der Waals surface area contributed by atoms with E-state index < -0.39 is 0 Å². The second kappa shape index (κ2) is 9.92. The Kier molecular flexibility index (Phi) is 6.81. The van der Waals surface area contributed by atoms with Crippen molar-refractivity contribution in [3.63, 3.8) is 0 Å². The van der Waals surface area contributed by atoms with Crippen molar-refractivity contribution in [2.24, 2.45) is 0 Å². The van der Waals surface area contributed by atoms with Crippen molar-refractivity contribution < 1.29 is 0 Å². The maximum absolute atomic E-state index is 4.30. The van der Waals surface area contributed by atoms with Crippen LogP contribution in [-0.4, -0.2) is 25.2 Å². The van der Waals surface area contributed by atoms with Gasteiger partial charge in [-0.25, -0.2) is 4.68 Å². The van der Waals surface area contributed by atoms with E-state index in [0.29, 0.717) is 0 Å². The molecule has 32 heavy (non-hydrogen) atoms. The van der Waals surface area contributed by atoms with Crippen LogP contribution in [0.25, 0.3) is 22.2 Å². The van der Waals surface area contributed by atoms with E-state index in [-0.39, 0.29) is 0 Å². The Balaban J connectivity index is 0.000000230. The summed E-state index contributed by atoms with van der Waals surface area (Å²) in [7, 11) is 0. The minimum absolute atomic E-state index is 0.726. The monoisotopic (exact) mass is 487 g/mol. The van der Waals surface area contributed by atoms with Crippen LogP contribution in [-0.2, 0) is 11.9 Å². The topological polar surface area (TPSA) is 59.4 Å². The summed E-state index contributed by atoms with van der Waals surface area (Å²) in [5.41, 5.74) is 9.45. The third kappa shape index (κ3) is 5.32. The number of H-pyrrole nitrogens is 1. The van der Waals surface area contributed by atoms with Crippen molar-refractivity contribution in [1.82, 2.24) is 25.2 Å². The van der Waals surface area contributed by atoms with Gasteiger partial charge in [0.05, 0.1) is 24.5 Å². The number of fused-ring (bicyclic) bond motifs is 1. The zero-order chi connectivity index (χ0) is 22.5. The summed E-state index contributed by atoms with van der Waals surface area (Å²) in [5.74, 6) is 0. The van der Waals surface area contributed by atoms with E-state index in [9.17, 15) is 0 Å². The molecule has 0 aliphatic rings. The Hall–Kier alpha value is -3.25. The quantitative estimate of drug-likeness (QED) is 0.299. The maximum Gasteiger partial charge on any atom is 0.113 e. The molecular weight excluding hydrogens is 462 g/mol. The molecule has 0 unspecified atom stereocenters. The second-order valence-corrected chi connectivity index (χ2v) is 8.59. The fourth-order valence-electron chi connectivity index (χ4n) is 3.72. The molecule has 0 fully saturated rings. The van der Waals surface area contributed by atoms with Crippen molar-refractivity contribution in [3.8, 4) is 11.3 Å². The number of rotatable bonds is 4. The highest BCUT2D eigenvalue weighted by Gasteiger charge is 2.07. The standard InChI is InChI=1S/C18H17N5.C8H9Br/c1-12-5-13(2)7-14(6-12)10-23-11-18(21-22-23)15-3-4-17-16(8-15)9-19-20-17;1-7-4-2-3-5-8(7)6-9/h3-9,11H,10H2,1-2H3,(H,19,20);2-5H,6H2,1H3. The highest BCUT2D eigenvalue weighted by molar-refractivity contribution is 9.08. The van der Waals surface area contributed by atoms with Crippen LogP contribution in [0.5, 0.6) is 0 Å². The molecule has 0 bridgehead atoms. The van der Waals surface area contributed by atoms with Crippen molar-refractivity contribution in [3.05, 3.63) is 101 Å². The number of benzene rings is 3. The number of hydrogen-bond acceptors (Lipinski definition) is 3. The smallest absolute Gasteiger partial charge is 0.113 e. The molecule has 0 spiro atoms. The van der Waals surface area contributed by atoms with E-state index in [0.717, 1.165) is 34.0 Å². The van der Waals surface area contributed by atoms with Crippen LogP contribution in [0.1, 0.15) is 27.8 Å². The van der Waals surface area contributed by atoms with Crippen molar-refractivity contribution in [2.45, 2.75) is 32.6 Å². The Morgan fingerprint density at radius 2 is 1.72 bits per heavy atom. The summed E-state index contributed by atoms with van der Waals surface area (Å²) in [6.45, 7) is 7.08. The van der Waals surface area contributed by atoms with Gasteiger partial charge < -0.3 is 0 Å². The summed E-state index contributed by atoms with van der Waals surface area (Å²) in [4.78, 5) is 0. The Morgan fingerprint density at radius 1 is 0.938 bits per heavy atom. The van der Waals surface area contributed by atoms with Gasteiger partial charge in [-0.3, -0.25) is 5.10 Å². The van der Waals surface area contributed by atoms with E-state index in [2.05, 4.69) is 106 Å². The number of halogens is 1. The molecule has 5 aromatic rings. The number of nitrogens with one attached hydrogen (secondary N) is 1. The number of alkyl halides is 1. The van der Waals surface area contributed by atoms with Gasteiger partial charge in [-0.05, 0) is 49.6 Å². The third-order valence-corrected chi connectivity index (χ3v) is 5.91. The lowest BCUT2D eigenvalue weighted by atomic mass is 10.1. The van der Waals surface area contributed by atoms with Gasteiger partial charge >= 0.3 is 0 Å². The van der Waals surface area contributed by atoms with E-state index in [1.807, 2.05) is 29.2 Å². The molecule has 0 saturated heterocycles. The zero-order valence-electron chi connectivity index (χ0n) is 18.5. The third-order valence-electron chi connectivity index (χ3n) is 5.31. The minimum atomic E-state index is 0.726. The number of hydrogen-bond donors (Lipinski definition) is 1. The molecule has 162 valence electrons. The van der Waals surface area contributed by atoms with E-state index in [4.69, 9.17) is 0 Å². The summed E-state index contributed by atoms with van der Waals surface area (Å²) in [6, 6.07) is 21.0. The lowest BCUT2D eigenvalue weighted by Crippen LogP contribution is -2.01. The molecule has 0 atom stereocenters. The van der Waals surface area contributed by atoms with E-state index in [1.54, 1.807) is 0 Å². The minimum Gasteiger partial charge on any atom is -0.278 e. The molecule has 5 rings (SSSR count). The average molecular weight is 488 g/mol. The average Bonchev–Trinajstić information content (AvgIpc) is 3.42. The molecule has 2 heterocycles. The predicted octanol–water partition coefficient (Wildman–Crippen LogP) is 6.38. The summed E-state index contributed by atoms with van der Waals surface area (Å²) < 4.78 is 1.88. The fraction of sp³-hybridized carbons (Fsp3) is 0.192. The van der Waals surface area contributed by atoms with Crippen LogP contribution in [0, 0.1) is 20.8 Å². The number of aryl methyl sites for hydroxylation is 3. The normalized spacial score (nSPS) is 10.8. The second-order valence-electron chi connectivity index (χ2n) is 8.03. The Bertz CT molecular complexity index is 1310. The first-order valence-corrected chi connectivity index (χ1v) is 11.7. The lowest BCUT2D eigenvalue weighted by Gasteiger charge is -2.04. The van der Waals surface area contributed by atoms with Crippen LogP contribution in [0.3, 0.4) is 0 Å². The van der Waals surface area contributed by atoms with Crippen molar-refractivity contribution in [1.29, 1.82) is 0 Å². The van der Waals surface area contributed by atoms with E-state index in [1.165, 1.54) is 27.8 Å². The van der Waals surface area contributed by atoms with Crippen LogP contribution in [0.4, 0.5) is 0 Å². The first-order valence-electron chi connectivity index (χ1n) is 10.5. The molecule has 6 heteroatoms. The highest BCUT2D eigenvalue weighted by atomic mass is 79.9. The summed E-state index contributed by atoms with van der Waals surface area (Å²) in [6.07, 6.45) is 3.80. The number of aromatic amines is 1. The molecule has 5 nitrogen and oxygen atoms in total. The predicted molar refractivity (Wildman–Crippen MR) is 134 cm³/mol. The van der Waals surface area contributed by atoms with Gasteiger partial charge in [-0.15, -0.1) is 5.10 Å². The van der Waals surface area contributed by atoms with E-state index >= 15 is 0 Å². The van der Waals surface area contributed by atoms with Gasteiger partial charge in [0, 0.05) is 16.3 Å². The maximum atomic E-state index is 4.30. The Labute approximate surface area is 196 Å². The van der Waals surface area contributed by atoms with Crippen molar-refractivity contribution >= 4 is 26.8 Å². The van der Waals surface area contributed by atoms with Crippen LogP contribution in [0.15, 0.2) is 73.1 Å². The summed E-state index contributed by atoms with van der Waals surface area (Å²) >= 11 is 3.41. The van der Waals surface area contributed by atoms with Gasteiger partial charge in [0.25, 0.3) is 0 Å². The molecule has 0 aliphatic carbocycles. The fourth-order valence-corrected chi connectivity index (χ4v) is 4.35. The molecule has 0 saturated carbocycles. The van der Waals surface area contributed by atoms with Crippen LogP contribution in [0.2, 0.25) is 0 Å². The first kappa shape index (κ1) is 22.0. The van der Waals surface area contributed by atoms with Crippen molar-refractivity contribution in [2.75, 3.05) is 0 Å². The van der Waals surface area contributed by atoms with Gasteiger partial charge in [-0.1, -0.05) is 80.8 Å². The molecule has 2 aromatic heterocycles. The molecule has 3 aromatic carbocycles. The highest BCUT2D eigenvalue weighted by Crippen LogP contribution is 2.21. The van der Waals surface area contributed by atoms with Gasteiger partial charge in [0.2, 0.25) is 0 Å². The summed E-state index contributed by atoms with van der Waals surface area (Å²) in [5, 5.41) is 17.6. The zero-order valence-corrected chi connectivity index (χ0v) is 20.1. The molecule has 0 aliphatic heterocycles. The lowest BCUT2D eigenvalue weighted by molar-refractivity contribution is 0.649. The SMILES string of the molecule is Cc1cc(C)cc(Cn2cc(-c3ccc4[nH]ncc4c3)nn2)c1.Cc1ccccc1CBr. The van der Waals surface area contributed by atoms with Gasteiger partial charge in [-0.2, -0.15) is 5.10 Å². The number of aromatic nitrogens is 5. The van der Waals surface area contributed by atoms with Gasteiger partial charge in [0.1, 0.15) is 5.69 Å². The number of nitrogens with zero attached hydrogens (tertiary/aromatic N) is 4. The largest absolute Gasteiger partial charge is 0.278 e. The van der Waals surface area contributed by atoms with Gasteiger partial charge in [0.15, 0.2) is 0 Å². The Morgan fingerprint density at radius 3 is 2.44 bits per heavy atom. The van der Waals surface area contributed by atoms with Crippen LogP contribution < -0.4 is 0 Å². The molecular formula is C26H26BrN5. The van der Waals surface area contributed by atoms with Crippen LogP contribution >= 0.6 is 15.9 Å². The molecule has 0 amide bonds. The first-order chi connectivity index (χ1) is 15.5. The molecule has 0 radical (unpaired) electrons.